The minimum Gasteiger partial charge on any atom is -0.340 e. The average molecular weight is 213 g/mol. The molecule has 3 rings (SSSR count). The molecular formula is C11H11N5. The summed E-state index contributed by atoms with van der Waals surface area (Å²) in [5, 5.41) is 13.2. The van der Waals surface area contributed by atoms with Gasteiger partial charge in [0.25, 0.3) is 0 Å². The zero-order valence-electron chi connectivity index (χ0n) is 8.91. The summed E-state index contributed by atoms with van der Waals surface area (Å²) in [7, 11) is 1.77. The lowest BCUT2D eigenvalue weighted by molar-refractivity contribution is 0.626. The Morgan fingerprint density at radius 3 is 2.88 bits per heavy atom. The summed E-state index contributed by atoms with van der Waals surface area (Å²) in [6, 6.07) is 10.3. The number of hydrogen-bond acceptors (Lipinski definition) is 3. The summed E-state index contributed by atoms with van der Waals surface area (Å²) in [6.45, 7) is 0.654. The van der Waals surface area contributed by atoms with Gasteiger partial charge in [0.15, 0.2) is 5.82 Å². The van der Waals surface area contributed by atoms with Crippen molar-refractivity contribution in [3.63, 3.8) is 0 Å². The van der Waals surface area contributed by atoms with Crippen LogP contribution in [0.2, 0.25) is 0 Å². The summed E-state index contributed by atoms with van der Waals surface area (Å²) in [5.41, 5.74) is 1.19. The van der Waals surface area contributed by atoms with Crippen LogP contribution < -0.4 is 0 Å². The molecule has 0 atom stereocenters. The maximum Gasteiger partial charge on any atom is 0.194 e. The predicted molar refractivity (Wildman–Crippen MR) is 59.8 cm³/mol. The molecule has 5 heteroatoms. The first-order valence-corrected chi connectivity index (χ1v) is 5.10. The Morgan fingerprint density at radius 2 is 2.06 bits per heavy atom. The number of nitrogens with zero attached hydrogens (tertiary/aromatic N) is 5. The van der Waals surface area contributed by atoms with Crippen LogP contribution in [0.25, 0.3) is 10.9 Å². The summed E-state index contributed by atoms with van der Waals surface area (Å²) < 4.78 is 2.12. The molecule has 0 saturated carbocycles. The van der Waals surface area contributed by atoms with Crippen molar-refractivity contribution in [2.45, 2.75) is 6.54 Å². The highest BCUT2D eigenvalue weighted by Crippen LogP contribution is 2.15. The topological polar surface area (TPSA) is 48.5 Å². The van der Waals surface area contributed by atoms with Gasteiger partial charge in [0, 0.05) is 11.7 Å². The SMILES string of the molecule is Cn1nnc(Cn2ccc3ccccc32)n1. The second kappa shape index (κ2) is 3.44. The third kappa shape index (κ3) is 1.46. The zero-order chi connectivity index (χ0) is 11.0. The van der Waals surface area contributed by atoms with Crippen LogP contribution in [0.4, 0.5) is 0 Å². The third-order valence-corrected chi connectivity index (χ3v) is 2.54. The third-order valence-electron chi connectivity index (χ3n) is 2.54. The fourth-order valence-corrected chi connectivity index (χ4v) is 1.82. The number of fused-ring (bicyclic) bond motifs is 1. The molecule has 2 aromatic heterocycles. The highest BCUT2D eigenvalue weighted by Gasteiger charge is 2.04. The van der Waals surface area contributed by atoms with Gasteiger partial charge < -0.3 is 4.57 Å². The Hall–Kier alpha value is -2.17. The van der Waals surface area contributed by atoms with Crippen LogP contribution in [0.1, 0.15) is 5.82 Å². The number of aromatic nitrogens is 5. The second-order valence-corrected chi connectivity index (χ2v) is 3.70. The van der Waals surface area contributed by atoms with Gasteiger partial charge in [-0.25, -0.2) is 0 Å². The van der Waals surface area contributed by atoms with E-state index in [1.807, 2.05) is 18.3 Å². The molecule has 3 aromatic rings. The molecule has 0 unspecified atom stereocenters. The first-order valence-electron chi connectivity index (χ1n) is 5.10. The molecule has 0 spiro atoms. The van der Waals surface area contributed by atoms with Gasteiger partial charge in [-0.3, -0.25) is 0 Å². The summed E-state index contributed by atoms with van der Waals surface area (Å²) >= 11 is 0. The van der Waals surface area contributed by atoms with Crippen molar-refractivity contribution in [3.05, 3.63) is 42.4 Å². The summed E-state index contributed by atoms with van der Waals surface area (Å²) in [6.07, 6.45) is 2.04. The second-order valence-electron chi connectivity index (χ2n) is 3.70. The molecule has 0 saturated heterocycles. The molecule has 1 aromatic carbocycles. The number of para-hydroxylation sites is 1. The molecule has 0 amide bonds. The van der Waals surface area contributed by atoms with E-state index >= 15 is 0 Å². The van der Waals surface area contributed by atoms with E-state index in [1.165, 1.54) is 15.7 Å². The van der Waals surface area contributed by atoms with Crippen LogP contribution in [-0.2, 0) is 13.6 Å². The molecule has 0 bridgehead atoms. The Balaban J connectivity index is 2.00. The molecule has 2 heterocycles. The van der Waals surface area contributed by atoms with Gasteiger partial charge in [0.2, 0.25) is 0 Å². The van der Waals surface area contributed by atoms with E-state index in [2.05, 4.69) is 38.2 Å². The van der Waals surface area contributed by atoms with Gasteiger partial charge in [0.05, 0.1) is 13.6 Å². The first-order chi connectivity index (χ1) is 7.83. The molecule has 0 aliphatic carbocycles. The standard InChI is InChI=1S/C11H11N5/c1-15-13-11(12-14-15)8-16-7-6-9-4-2-3-5-10(9)16/h2-7H,8H2,1H3. The van der Waals surface area contributed by atoms with Crippen molar-refractivity contribution in [3.8, 4) is 0 Å². The van der Waals surface area contributed by atoms with Crippen molar-refractivity contribution < 1.29 is 0 Å². The van der Waals surface area contributed by atoms with Crippen LogP contribution >= 0.6 is 0 Å². The average Bonchev–Trinajstić information content (AvgIpc) is 2.87. The van der Waals surface area contributed by atoms with Gasteiger partial charge in [-0.1, -0.05) is 18.2 Å². The van der Waals surface area contributed by atoms with Crippen LogP contribution in [0.5, 0.6) is 0 Å². The van der Waals surface area contributed by atoms with Gasteiger partial charge in [-0.15, -0.1) is 10.2 Å². The molecule has 0 aliphatic heterocycles. The Kier molecular flexibility index (Phi) is 1.96. The van der Waals surface area contributed by atoms with Crippen molar-refractivity contribution >= 4 is 10.9 Å². The molecule has 0 N–H and O–H groups in total. The van der Waals surface area contributed by atoms with Crippen LogP contribution in [0.15, 0.2) is 36.5 Å². The zero-order valence-corrected chi connectivity index (χ0v) is 8.91. The van der Waals surface area contributed by atoms with E-state index in [9.17, 15) is 0 Å². The van der Waals surface area contributed by atoms with Crippen LogP contribution in [0.3, 0.4) is 0 Å². The lowest BCUT2D eigenvalue weighted by Crippen LogP contribution is -2.00. The maximum absolute atomic E-state index is 4.17. The minimum absolute atomic E-state index is 0.654. The van der Waals surface area contributed by atoms with Crippen molar-refractivity contribution in [2.24, 2.45) is 7.05 Å². The maximum atomic E-state index is 4.17. The first kappa shape index (κ1) is 9.08. The highest BCUT2D eigenvalue weighted by atomic mass is 15.6. The molecule has 0 radical (unpaired) electrons. The monoisotopic (exact) mass is 213 g/mol. The summed E-state index contributed by atoms with van der Waals surface area (Å²) in [5.74, 6) is 0.726. The smallest absolute Gasteiger partial charge is 0.194 e. The molecule has 0 aliphatic rings. The number of rotatable bonds is 2. The van der Waals surface area contributed by atoms with Crippen molar-refractivity contribution in [2.75, 3.05) is 0 Å². The lowest BCUT2D eigenvalue weighted by Gasteiger charge is -2.00. The van der Waals surface area contributed by atoms with E-state index in [1.54, 1.807) is 7.05 Å². The summed E-state index contributed by atoms with van der Waals surface area (Å²) in [4.78, 5) is 1.47. The fraction of sp³-hybridized carbons (Fsp3) is 0.182. The van der Waals surface area contributed by atoms with Crippen LogP contribution in [-0.4, -0.2) is 24.8 Å². The molecule has 5 nitrogen and oxygen atoms in total. The van der Waals surface area contributed by atoms with E-state index in [0.717, 1.165) is 5.82 Å². The Morgan fingerprint density at radius 1 is 1.19 bits per heavy atom. The quantitative estimate of drug-likeness (QED) is 0.643. The number of benzene rings is 1. The molecule has 0 fully saturated rings. The van der Waals surface area contributed by atoms with Crippen LogP contribution in [0, 0.1) is 0 Å². The Bertz CT molecular complexity index is 622. The van der Waals surface area contributed by atoms with Gasteiger partial charge in [-0.05, 0) is 22.7 Å². The predicted octanol–water partition coefficient (Wildman–Crippen LogP) is 1.21. The van der Waals surface area contributed by atoms with E-state index in [0.29, 0.717) is 6.54 Å². The number of aryl methyl sites for hydroxylation is 1. The van der Waals surface area contributed by atoms with Crippen molar-refractivity contribution in [1.82, 2.24) is 24.8 Å². The van der Waals surface area contributed by atoms with E-state index in [-0.39, 0.29) is 0 Å². The Labute approximate surface area is 92.3 Å². The van der Waals surface area contributed by atoms with Gasteiger partial charge in [0.1, 0.15) is 0 Å². The van der Waals surface area contributed by atoms with Crippen molar-refractivity contribution in [1.29, 1.82) is 0 Å². The number of tetrazole rings is 1. The largest absolute Gasteiger partial charge is 0.340 e. The van der Waals surface area contributed by atoms with E-state index < -0.39 is 0 Å². The fourth-order valence-electron chi connectivity index (χ4n) is 1.82. The highest BCUT2D eigenvalue weighted by molar-refractivity contribution is 5.79. The van der Waals surface area contributed by atoms with Gasteiger partial charge >= 0.3 is 0 Å². The molecule has 80 valence electrons. The van der Waals surface area contributed by atoms with E-state index in [4.69, 9.17) is 0 Å². The van der Waals surface area contributed by atoms with Gasteiger partial charge in [-0.2, -0.15) is 4.80 Å². The normalized spacial score (nSPS) is 11.1. The molecule has 16 heavy (non-hydrogen) atoms. The minimum atomic E-state index is 0.654. The molecular weight excluding hydrogens is 202 g/mol. The lowest BCUT2D eigenvalue weighted by atomic mass is 10.2. The number of hydrogen-bond donors (Lipinski definition) is 0.